The largest absolute Gasteiger partial charge is 0.397 e. The van der Waals surface area contributed by atoms with Crippen LogP contribution in [0.2, 0.25) is 0 Å². The van der Waals surface area contributed by atoms with Crippen LogP contribution < -0.4 is 5.73 Å². The third-order valence-electron chi connectivity index (χ3n) is 2.41. The molecule has 2 N–H and O–H groups in total. The van der Waals surface area contributed by atoms with E-state index in [0.29, 0.717) is 5.69 Å². The summed E-state index contributed by atoms with van der Waals surface area (Å²) in [6, 6.07) is 3.88. The molecule has 0 unspecified atom stereocenters. The van der Waals surface area contributed by atoms with E-state index in [1.54, 1.807) is 18.6 Å². The summed E-state index contributed by atoms with van der Waals surface area (Å²) in [5, 5.41) is 4.35. The van der Waals surface area contributed by atoms with Gasteiger partial charge in [-0.25, -0.2) is 0 Å². The van der Waals surface area contributed by atoms with Crippen LogP contribution in [0.1, 0.15) is 20.8 Å². The molecule has 0 saturated carbocycles. The topological polar surface area (TPSA) is 56.7 Å². The van der Waals surface area contributed by atoms with Gasteiger partial charge >= 0.3 is 0 Å². The van der Waals surface area contributed by atoms with Crippen LogP contribution in [0, 0.1) is 0 Å². The van der Waals surface area contributed by atoms with E-state index in [1.165, 1.54) is 0 Å². The molecule has 4 nitrogen and oxygen atoms in total. The molecule has 0 aliphatic rings. The monoisotopic (exact) mass is 216 g/mol. The normalized spacial score (nSPS) is 11.7. The third-order valence-corrected chi connectivity index (χ3v) is 2.41. The summed E-state index contributed by atoms with van der Waals surface area (Å²) in [5.41, 5.74) is 8.53. The molecule has 84 valence electrons. The molecule has 0 saturated heterocycles. The summed E-state index contributed by atoms with van der Waals surface area (Å²) in [6.07, 6.45) is 5.20. The Morgan fingerprint density at radius 1 is 1.19 bits per heavy atom. The first-order valence-corrected chi connectivity index (χ1v) is 5.24. The van der Waals surface area contributed by atoms with Crippen molar-refractivity contribution in [2.75, 3.05) is 5.73 Å². The average Bonchev–Trinajstić information content (AvgIpc) is 2.66. The Balaban J connectivity index is 2.58. The highest BCUT2D eigenvalue weighted by Crippen LogP contribution is 2.28. The summed E-state index contributed by atoms with van der Waals surface area (Å²) >= 11 is 0. The van der Waals surface area contributed by atoms with Gasteiger partial charge in [0.25, 0.3) is 0 Å². The molecule has 0 aromatic carbocycles. The number of nitrogens with two attached hydrogens (primary N) is 1. The van der Waals surface area contributed by atoms with Crippen molar-refractivity contribution >= 4 is 5.69 Å². The molecule has 2 heterocycles. The molecule has 2 aromatic rings. The van der Waals surface area contributed by atoms with Crippen molar-refractivity contribution in [3.05, 3.63) is 30.7 Å². The van der Waals surface area contributed by atoms with Crippen LogP contribution >= 0.6 is 0 Å². The predicted octanol–water partition coefficient (Wildman–Crippen LogP) is 2.28. The van der Waals surface area contributed by atoms with Crippen LogP contribution in [-0.2, 0) is 5.54 Å². The summed E-state index contributed by atoms with van der Waals surface area (Å²) < 4.78 is 1.97. The first kappa shape index (κ1) is 10.7. The lowest BCUT2D eigenvalue weighted by Crippen LogP contribution is -2.24. The van der Waals surface area contributed by atoms with Crippen LogP contribution in [0.3, 0.4) is 0 Å². The minimum absolute atomic E-state index is 0.0610. The predicted molar refractivity (Wildman–Crippen MR) is 64.9 cm³/mol. The zero-order valence-corrected chi connectivity index (χ0v) is 9.81. The van der Waals surface area contributed by atoms with Crippen LogP contribution in [0.4, 0.5) is 5.69 Å². The van der Waals surface area contributed by atoms with Crippen molar-refractivity contribution in [1.29, 1.82) is 0 Å². The van der Waals surface area contributed by atoms with E-state index in [0.717, 1.165) is 11.3 Å². The second-order valence-corrected chi connectivity index (χ2v) is 4.76. The summed E-state index contributed by atoms with van der Waals surface area (Å²) in [5.74, 6) is 0. The van der Waals surface area contributed by atoms with Crippen molar-refractivity contribution in [2.24, 2.45) is 0 Å². The van der Waals surface area contributed by atoms with Gasteiger partial charge in [-0.3, -0.25) is 9.67 Å². The fraction of sp³-hybridized carbons (Fsp3) is 0.333. The van der Waals surface area contributed by atoms with Gasteiger partial charge in [0.2, 0.25) is 0 Å². The number of hydrogen-bond acceptors (Lipinski definition) is 3. The minimum Gasteiger partial charge on any atom is -0.397 e. The Kier molecular flexibility index (Phi) is 2.42. The van der Waals surface area contributed by atoms with Crippen LogP contribution in [0.25, 0.3) is 11.3 Å². The van der Waals surface area contributed by atoms with Gasteiger partial charge in [-0.05, 0) is 32.9 Å². The maximum Gasteiger partial charge on any atom is 0.0710 e. The maximum atomic E-state index is 5.92. The number of nitrogens with zero attached hydrogens (tertiary/aromatic N) is 3. The highest BCUT2D eigenvalue weighted by molar-refractivity contribution is 5.72. The zero-order valence-electron chi connectivity index (χ0n) is 9.81. The molecule has 0 amide bonds. The first-order chi connectivity index (χ1) is 7.50. The number of aromatic nitrogens is 3. The van der Waals surface area contributed by atoms with Gasteiger partial charge in [0.1, 0.15) is 0 Å². The molecule has 2 rings (SSSR count). The lowest BCUT2D eigenvalue weighted by Gasteiger charge is -2.22. The quantitative estimate of drug-likeness (QED) is 0.795. The molecule has 16 heavy (non-hydrogen) atoms. The van der Waals surface area contributed by atoms with E-state index in [-0.39, 0.29) is 5.54 Å². The Hall–Kier alpha value is -1.84. The SMILES string of the molecule is CC(C)(C)n1nccc1-c1ccncc1N. The van der Waals surface area contributed by atoms with E-state index in [1.807, 2.05) is 16.8 Å². The molecule has 0 fully saturated rings. The van der Waals surface area contributed by atoms with Crippen LogP contribution in [0.15, 0.2) is 30.7 Å². The number of hydrogen-bond donors (Lipinski definition) is 1. The Morgan fingerprint density at radius 2 is 1.94 bits per heavy atom. The van der Waals surface area contributed by atoms with Gasteiger partial charge in [-0.15, -0.1) is 0 Å². The van der Waals surface area contributed by atoms with E-state index in [9.17, 15) is 0 Å². The maximum absolute atomic E-state index is 5.92. The van der Waals surface area contributed by atoms with E-state index < -0.39 is 0 Å². The number of anilines is 1. The van der Waals surface area contributed by atoms with Crippen LogP contribution in [0.5, 0.6) is 0 Å². The van der Waals surface area contributed by atoms with Crippen molar-refractivity contribution in [3.8, 4) is 11.3 Å². The highest BCUT2D eigenvalue weighted by Gasteiger charge is 2.18. The minimum atomic E-state index is -0.0610. The standard InChI is InChI=1S/C12H16N4/c1-12(2,3)16-11(5-7-15-16)9-4-6-14-8-10(9)13/h4-8H,13H2,1-3H3. The molecule has 0 radical (unpaired) electrons. The van der Waals surface area contributed by atoms with Gasteiger partial charge in [-0.2, -0.15) is 5.10 Å². The Bertz CT molecular complexity index is 494. The molecule has 4 heteroatoms. The number of rotatable bonds is 1. The molecule has 0 spiro atoms. The fourth-order valence-electron chi connectivity index (χ4n) is 1.68. The fourth-order valence-corrected chi connectivity index (χ4v) is 1.68. The summed E-state index contributed by atoms with van der Waals surface area (Å²) in [4.78, 5) is 3.99. The van der Waals surface area contributed by atoms with E-state index in [4.69, 9.17) is 5.73 Å². The summed E-state index contributed by atoms with van der Waals surface area (Å²) in [7, 11) is 0. The van der Waals surface area contributed by atoms with Gasteiger partial charge in [0, 0.05) is 18.0 Å². The number of nitrogen functional groups attached to an aromatic ring is 1. The van der Waals surface area contributed by atoms with Gasteiger partial charge < -0.3 is 5.73 Å². The summed E-state index contributed by atoms with van der Waals surface area (Å²) in [6.45, 7) is 6.34. The molecule has 0 aliphatic heterocycles. The molecule has 0 aliphatic carbocycles. The number of pyridine rings is 1. The van der Waals surface area contributed by atoms with Crippen LogP contribution in [-0.4, -0.2) is 14.8 Å². The molecule has 0 bridgehead atoms. The first-order valence-electron chi connectivity index (χ1n) is 5.24. The lowest BCUT2D eigenvalue weighted by atomic mass is 10.1. The molecule has 0 atom stereocenters. The van der Waals surface area contributed by atoms with Gasteiger partial charge in [0.15, 0.2) is 0 Å². The van der Waals surface area contributed by atoms with Crippen molar-refractivity contribution in [3.63, 3.8) is 0 Å². The molecular formula is C12H16N4. The van der Waals surface area contributed by atoms with Crippen molar-refractivity contribution < 1.29 is 0 Å². The molecular weight excluding hydrogens is 200 g/mol. The molecule has 2 aromatic heterocycles. The van der Waals surface area contributed by atoms with Crippen molar-refractivity contribution in [2.45, 2.75) is 26.3 Å². The third kappa shape index (κ3) is 1.78. The van der Waals surface area contributed by atoms with Crippen molar-refractivity contribution in [1.82, 2.24) is 14.8 Å². The second-order valence-electron chi connectivity index (χ2n) is 4.76. The average molecular weight is 216 g/mol. The lowest BCUT2D eigenvalue weighted by molar-refractivity contribution is 0.360. The Morgan fingerprint density at radius 3 is 2.56 bits per heavy atom. The zero-order chi connectivity index (χ0) is 11.8. The van der Waals surface area contributed by atoms with E-state index >= 15 is 0 Å². The van der Waals surface area contributed by atoms with Gasteiger partial charge in [0.05, 0.1) is 23.1 Å². The highest BCUT2D eigenvalue weighted by atomic mass is 15.3. The Labute approximate surface area is 95.1 Å². The second kappa shape index (κ2) is 3.63. The smallest absolute Gasteiger partial charge is 0.0710 e. The van der Waals surface area contributed by atoms with E-state index in [2.05, 4.69) is 30.9 Å². The van der Waals surface area contributed by atoms with Gasteiger partial charge in [-0.1, -0.05) is 0 Å².